The van der Waals surface area contributed by atoms with Crippen LogP contribution in [0.2, 0.25) is 0 Å². The van der Waals surface area contributed by atoms with Crippen molar-refractivity contribution in [2.45, 2.75) is 6.18 Å². The van der Waals surface area contributed by atoms with Crippen LogP contribution in [0.4, 0.5) is 42.3 Å². The summed E-state index contributed by atoms with van der Waals surface area (Å²) in [6.07, 6.45) is 3.28. The van der Waals surface area contributed by atoms with Crippen LogP contribution >= 0.6 is 11.3 Å². The largest absolute Gasteiger partial charge is 0.416 e. The molecule has 20 rings (SSSR count). The number of carbonyl (C=O) groups excluding carboxylic acids is 5. The van der Waals surface area contributed by atoms with Crippen LogP contribution in [0.25, 0.3) is 84.7 Å². The van der Waals surface area contributed by atoms with Gasteiger partial charge in [-0.25, -0.2) is 28.4 Å². The molecule has 0 spiro atoms. The lowest BCUT2D eigenvalue weighted by molar-refractivity contribution is -0.137. The Balaban J connectivity index is 0.000000120. The Morgan fingerprint density at radius 3 is 0.962 bits per heavy atom. The van der Waals surface area contributed by atoms with E-state index < -0.39 is 17.6 Å². The fourth-order valence-corrected chi connectivity index (χ4v) is 13.8. The number of nitrogens with one attached hydrogen (secondary N) is 6. The van der Waals surface area contributed by atoms with Gasteiger partial charge in [0, 0.05) is 95.4 Å². The van der Waals surface area contributed by atoms with Crippen molar-refractivity contribution in [3.05, 3.63) is 440 Å². The smallest absolute Gasteiger partial charge is 0.351 e. The van der Waals surface area contributed by atoms with Crippen LogP contribution in [-0.4, -0.2) is 108 Å². The molecule has 644 valence electrons. The predicted molar refractivity (Wildman–Crippen MR) is 497 cm³/mol. The first-order valence-electron chi connectivity index (χ1n) is 40.6. The van der Waals surface area contributed by atoms with E-state index in [2.05, 4.69) is 77.3 Å². The highest BCUT2D eigenvalue weighted by molar-refractivity contribution is 7.11. The minimum absolute atomic E-state index is 0.116. The van der Waals surface area contributed by atoms with E-state index in [1.54, 1.807) is 72.9 Å². The van der Waals surface area contributed by atoms with Gasteiger partial charge in [0.05, 0.1) is 80.4 Å². The first-order valence-corrected chi connectivity index (χ1v) is 41.5. The Kier molecular flexibility index (Phi) is 27.1. The maximum absolute atomic E-state index is 12.8. The molecule has 20 aromatic rings. The van der Waals surface area contributed by atoms with E-state index in [9.17, 15) is 37.1 Å². The Hall–Kier alpha value is -18.1. The van der Waals surface area contributed by atoms with Gasteiger partial charge >= 0.3 is 6.18 Å². The number of imidazole rings is 1. The zero-order chi connectivity index (χ0) is 90.3. The van der Waals surface area contributed by atoms with Crippen molar-refractivity contribution >= 4 is 70.0 Å². The number of amides is 5. The van der Waals surface area contributed by atoms with Gasteiger partial charge in [-0.05, 0) is 91.0 Å². The van der Waals surface area contributed by atoms with Gasteiger partial charge in [-0.2, -0.15) is 43.8 Å². The Morgan fingerprint density at radius 1 is 0.351 bits per heavy atom. The lowest BCUT2D eigenvalue weighted by Gasteiger charge is -2.10. The molecule has 0 bridgehead atoms. The summed E-state index contributed by atoms with van der Waals surface area (Å²) in [6.45, 7) is 0. The van der Waals surface area contributed by atoms with Crippen LogP contribution in [0.1, 0.15) is 57.3 Å². The zero-order valence-electron chi connectivity index (χ0n) is 69.4. The SMILES string of the molecule is Cn1nccc1C(=O)Nc1cc(-c2ccccc2)nn1-c1ccccc1.O=C(Nc1cc(-c2ccccc2)nn1-c1ccccc1)c1ccc(C(F)(F)F)cc1.O=C(Nc1cc(-c2ccccc2)nn1-c1ccccc1)c1ccno1.O=C(Nc1cc(-c2ccccc2)nn1-c1ccccc1)c1cncs1.O=C(Nc1cc(-c2ccccc2)nn1-c1ccccc1)c1ncc[nH]1. The number of anilines is 5. The first-order chi connectivity index (χ1) is 64.1. The Bertz CT molecular complexity index is 6720. The molecule has 0 saturated heterocycles. The number of aryl methyl sites for hydroxylation is 1. The fourth-order valence-electron chi connectivity index (χ4n) is 13.3. The summed E-state index contributed by atoms with van der Waals surface area (Å²) in [7, 11) is 1.73. The van der Waals surface area contributed by atoms with Crippen molar-refractivity contribution in [3.8, 4) is 84.7 Å². The number of hydrogen-bond acceptors (Lipinski definition) is 16. The van der Waals surface area contributed by atoms with Gasteiger partial charge in [0.1, 0.15) is 39.7 Å². The molecule has 31 heteroatoms. The van der Waals surface area contributed by atoms with Crippen molar-refractivity contribution in [1.82, 2.24) is 78.8 Å². The van der Waals surface area contributed by atoms with Crippen molar-refractivity contribution in [1.29, 1.82) is 0 Å². The maximum Gasteiger partial charge on any atom is 0.416 e. The molecule has 6 N–H and O–H groups in total. The molecule has 0 atom stereocenters. The fraction of sp³-hybridized carbons (Fsp3) is 0.0200. The minimum Gasteiger partial charge on any atom is -0.351 e. The second kappa shape index (κ2) is 41.1. The minimum atomic E-state index is -4.45. The first kappa shape index (κ1) is 86.4. The summed E-state index contributed by atoms with van der Waals surface area (Å²) in [5.74, 6) is 1.48. The number of nitrogens with zero attached hydrogens (tertiary/aromatic N) is 15. The third-order valence-corrected chi connectivity index (χ3v) is 20.4. The van der Waals surface area contributed by atoms with Gasteiger partial charge in [-0.1, -0.05) is 248 Å². The highest BCUT2D eigenvalue weighted by Gasteiger charge is 2.31. The summed E-state index contributed by atoms with van der Waals surface area (Å²) in [4.78, 5) is 73.7. The average molecular weight is 1760 g/mol. The number of benzene rings is 11. The maximum atomic E-state index is 12.8. The molecule has 0 unspecified atom stereocenters. The Labute approximate surface area is 750 Å². The molecule has 0 radical (unpaired) electrons. The molecule has 9 aromatic heterocycles. The second-order valence-corrected chi connectivity index (χ2v) is 29.4. The van der Waals surface area contributed by atoms with E-state index in [1.165, 1.54) is 28.3 Å². The average Bonchev–Trinajstić information content (AvgIpc) is 1.69. The lowest BCUT2D eigenvalue weighted by Crippen LogP contribution is -2.18. The summed E-state index contributed by atoms with van der Waals surface area (Å²) >= 11 is 1.30. The number of rotatable bonds is 20. The second-order valence-electron chi connectivity index (χ2n) is 28.5. The topological polar surface area (TPSA) is 320 Å². The number of alkyl halides is 3. The molecular weight excluding hydrogens is 1680 g/mol. The van der Waals surface area contributed by atoms with Gasteiger partial charge < -0.3 is 36.1 Å². The van der Waals surface area contributed by atoms with Crippen molar-refractivity contribution < 1.29 is 41.7 Å². The lowest BCUT2D eigenvalue weighted by atomic mass is 10.1. The van der Waals surface area contributed by atoms with Gasteiger partial charge in [0.15, 0.2) is 5.82 Å². The van der Waals surface area contributed by atoms with Gasteiger partial charge in [0.2, 0.25) is 5.76 Å². The van der Waals surface area contributed by atoms with Crippen LogP contribution in [0.5, 0.6) is 0 Å². The third kappa shape index (κ3) is 21.8. The number of aromatic nitrogens is 16. The van der Waals surface area contributed by atoms with Crippen molar-refractivity contribution in [2.24, 2.45) is 7.05 Å². The van der Waals surface area contributed by atoms with Crippen LogP contribution in [-0.2, 0) is 13.2 Å². The van der Waals surface area contributed by atoms with E-state index in [1.807, 2.05) is 328 Å². The van der Waals surface area contributed by atoms with Crippen molar-refractivity contribution in [2.75, 3.05) is 26.6 Å². The zero-order valence-corrected chi connectivity index (χ0v) is 70.2. The molecule has 27 nitrogen and oxygen atoms in total. The van der Waals surface area contributed by atoms with Gasteiger partial charge in [-0.3, -0.25) is 33.6 Å². The number of carbonyl (C=O) groups is 5. The van der Waals surface area contributed by atoms with Gasteiger partial charge in [0.25, 0.3) is 29.5 Å². The number of aromatic amines is 1. The highest BCUT2D eigenvalue weighted by Crippen LogP contribution is 2.34. The van der Waals surface area contributed by atoms with E-state index in [-0.39, 0.29) is 40.8 Å². The molecule has 131 heavy (non-hydrogen) atoms. The molecule has 0 fully saturated rings. The van der Waals surface area contributed by atoms with Crippen molar-refractivity contribution in [3.63, 3.8) is 0 Å². The van der Waals surface area contributed by atoms with E-state index >= 15 is 0 Å². The van der Waals surface area contributed by atoms with Gasteiger partial charge in [-0.15, -0.1) is 11.3 Å². The number of para-hydroxylation sites is 5. The molecule has 11 aromatic carbocycles. The molecule has 5 amide bonds. The van der Waals surface area contributed by atoms with Crippen LogP contribution in [0.15, 0.2) is 411 Å². The number of halogens is 3. The Morgan fingerprint density at radius 2 is 0.672 bits per heavy atom. The molecule has 0 aliphatic heterocycles. The number of H-pyrrole nitrogens is 1. The number of thiazole rings is 1. The molecule has 9 heterocycles. The van der Waals surface area contributed by atoms with Crippen LogP contribution in [0, 0.1) is 0 Å². The highest BCUT2D eigenvalue weighted by atomic mass is 32.1. The standard InChI is InChI=1S/C23H16F3N3O.C20H17N5O.C19H15N5O.C19H14N4O2.C19H14N4OS/c24-23(25,26)18-13-11-17(12-14-18)22(30)27-21-15-20(16-7-3-1-4-8-16)28-29(21)19-9-5-2-6-10-19;1-24-18(12-13-21-24)20(26)22-19-14-17(15-8-4-2-5-9-15)23-25(19)16-10-6-3-7-11-16;25-19(18-20-11-12-21-18)22-17-13-16(14-7-3-1-4-8-14)23-24(17)15-9-5-2-6-10-15;24-19(17-11-12-20-25-17)21-18-13-16(14-7-3-1-4-8-14)22-23(18)15-9-5-2-6-10-15;24-19(17-12-20-13-25-17)21-18-11-16(14-7-3-1-4-8-14)22-23(18)15-9-5-2-6-10-15/h1-15H,(H,27,30);2-14H,1H3,(H,22,26);1-13H,(H,20,21)(H,22,25);2*1-13H,(H,21,24). The monoisotopic (exact) mass is 1760 g/mol. The normalized spacial score (nSPS) is 10.7. The molecular formula is C100H76F3N21O6S. The van der Waals surface area contributed by atoms with Crippen LogP contribution < -0.4 is 26.6 Å². The predicted octanol–water partition coefficient (Wildman–Crippen LogP) is 20.9. The van der Waals surface area contributed by atoms with E-state index in [4.69, 9.17) is 4.52 Å². The summed E-state index contributed by atoms with van der Waals surface area (Å²) in [5, 5.41) is 45.2. The van der Waals surface area contributed by atoms with E-state index in [0.29, 0.717) is 45.4 Å². The number of hydrogen-bond donors (Lipinski definition) is 6. The molecule has 0 aliphatic rings. The summed E-state index contributed by atoms with van der Waals surface area (Å²) in [6, 6.07) is 113. The summed E-state index contributed by atoms with van der Waals surface area (Å²) < 4.78 is 53.2. The van der Waals surface area contributed by atoms with E-state index in [0.717, 1.165) is 103 Å². The quantitative estimate of drug-likeness (QED) is 0.0413. The third-order valence-electron chi connectivity index (χ3n) is 19.7. The molecule has 0 aliphatic carbocycles. The summed E-state index contributed by atoms with van der Waals surface area (Å²) in [5.41, 5.74) is 14.2. The molecule has 0 saturated carbocycles. The van der Waals surface area contributed by atoms with Crippen LogP contribution in [0.3, 0.4) is 0 Å².